The minimum atomic E-state index is -0.512. The van der Waals surface area contributed by atoms with E-state index in [0.717, 1.165) is 15.6 Å². The maximum atomic E-state index is 12.7. The van der Waals surface area contributed by atoms with Gasteiger partial charge in [0.15, 0.2) is 5.82 Å². The number of thiazole rings is 1. The van der Waals surface area contributed by atoms with Gasteiger partial charge in [-0.15, -0.1) is 28.2 Å². The predicted octanol–water partition coefficient (Wildman–Crippen LogP) is 0.735. The van der Waals surface area contributed by atoms with Crippen molar-refractivity contribution >= 4 is 34.9 Å². The van der Waals surface area contributed by atoms with E-state index in [4.69, 9.17) is 0 Å². The first-order valence-electron chi connectivity index (χ1n) is 8.24. The largest absolute Gasteiger partial charge is 0.341 e. The SMILES string of the molecule is Cc1nc(C)c(CC(=O)NC2C(=O)N3C2SC(C)(C)C3c2nnn[nH]2)s1. The Bertz CT molecular complexity index is 863. The number of thioether (sulfide) groups is 1. The molecule has 0 spiro atoms. The lowest BCUT2D eigenvalue weighted by Gasteiger charge is -2.44. The molecule has 2 aromatic rings. The van der Waals surface area contributed by atoms with Gasteiger partial charge < -0.3 is 10.2 Å². The maximum Gasteiger partial charge on any atom is 0.249 e. The van der Waals surface area contributed by atoms with Gasteiger partial charge >= 0.3 is 0 Å². The van der Waals surface area contributed by atoms with E-state index in [1.54, 1.807) is 16.7 Å². The van der Waals surface area contributed by atoms with Crippen LogP contribution in [-0.2, 0) is 16.0 Å². The van der Waals surface area contributed by atoms with Crippen LogP contribution >= 0.6 is 23.1 Å². The van der Waals surface area contributed by atoms with Crippen molar-refractivity contribution in [2.45, 2.75) is 56.3 Å². The number of tetrazole rings is 1. The Morgan fingerprint density at radius 1 is 1.38 bits per heavy atom. The van der Waals surface area contributed by atoms with E-state index in [9.17, 15) is 9.59 Å². The monoisotopic (exact) mass is 393 g/mol. The first kappa shape index (κ1) is 17.4. The number of carbonyl (C=O) groups is 2. The standard InChI is InChI=1S/C15H19N7O2S2/c1-6-8(25-7(2)16-6)5-9(23)17-10-13(24)22-11(12-18-20-21-19-12)15(3,4)26-14(10)22/h10-11,14H,5H2,1-4H3,(H,17,23)(H,18,19,20,21). The lowest BCUT2D eigenvalue weighted by atomic mass is 9.95. The number of rotatable bonds is 4. The molecule has 0 saturated carbocycles. The van der Waals surface area contributed by atoms with Crippen molar-refractivity contribution in [2.24, 2.45) is 0 Å². The average molecular weight is 393 g/mol. The lowest BCUT2D eigenvalue weighted by Crippen LogP contribution is -2.68. The Morgan fingerprint density at radius 3 is 2.77 bits per heavy atom. The molecule has 138 valence electrons. The number of H-pyrrole nitrogens is 1. The van der Waals surface area contributed by atoms with Gasteiger partial charge in [-0.3, -0.25) is 9.59 Å². The Hall–Kier alpha value is -2.01. The predicted molar refractivity (Wildman–Crippen MR) is 96.4 cm³/mol. The van der Waals surface area contributed by atoms with Crippen molar-refractivity contribution in [3.05, 3.63) is 21.4 Å². The summed E-state index contributed by atoms with van der Waals surface area (Å²) >= 11 is 3.17. The van der Waals surface area contributed by atoms with Crippen LogP contribution in [0.2, 0.25) is 0 Å². The van der Waals surface area contributed by atoms with E-state index in [-0.39, 0.29) is 34.4 Å². The van der Waals surface area contributed by atoms with Crippen molar-refractivity contribution in [1.29, 1.82) is 0 Å². The molecule has 0 bridgehead atoms. The minimum absolute atomic E-state index is 0.0972. The number of fused-ring (bicyclic) bond motifs is 1. The van der Waals surface area contributed by atoms with Crippen LogP contribution < -0.4 is 5.32 Å². The summed E-state index contributed by atoms with van der Waals surface area (Å²) in [7, 11) is 0. The van der Waals surface area contributed by atoms with Crippen LogP contribution in [0.1, 0.15) is 41.3 Å². The fourth-order valence-corrected chi connectivity index (χ4v) is 6.15. The van der Waals surface area contributed by atoms with Crippen LogP contribution in [0.15, 0.2) is 0 Å². The topological polar surface area (TPSA) is 117 Å². The van der Waals surface area contributed by atoms with E-state index in [1.807, 2.05) is 13.8 Å². The van der Waals surface area contributed by atoms with E-state index in [2.05, 4.69) is 44.8 Å². The van der Waals surface area contributed by atoms with Crippen molar-refractivity contribution in [3.63, 3.8) is 0 Å². The van der Waals surface area contributed by atoms with Gasteiger partial charge in [0.05, 0.1) is 17.1 Å². The van der Waals surface area contributed by atoms with Gasteiger partial charge in [-0.1, -0.05) is 0 Å². The fourth-order valence-electron chi connectivity index (χ4n) is 3.58. The molecule has 11 heteroatoms. The second-order valence-corrected chi connectivity index (χ2v) is 10.1. The molecule has 4 rings (SSSR count). The molecule has 2 N–H and O–H groups in total. The zero-order valence-electron chi connectivity index (χ0n) is 14.8. The molecule has 26 heavy (non-hydrogen) atoms. The molecule has 3 unspecified atom stereocenters. The summed E-state index contributed by atoms with van der Waals surface area (Å²) in [5.74, 6) is 0.317. The third-order valence-electron chi connectivity index (χ3n) is 4.70. The number of aromatic amines is 1. The highest BCUT2D eigenvalue weighted by Crippen LogP contribution is 2.56. The third-order valence-corrected chi connectivity index (χ3v) is 7.34. The molecule has 9 nitrogen and oxygen atoms in total. The second-order valence-electron chi connectivity index (χ2n) is 7.01. The molecule has 2 aliphatic heterocycles. The number of hydrogen-bond donors (Lipinski definition) is 2. The molecular formula is C15H19N7O2S2. The zero-order chi connectivity index (χ0) is 18.6. The summed E-state index contributed by atoms with van der Waals surface area (Å²) in [6, 6.07) is -0.749. The molecule has 0 aliphatic carbocycles. The smallest absolute Gasteiger partial charge is 0.249 e. The van der Waals surface area contributed by atoms with Gasteiger partial charge in [0.1, 0.15) is 17.5 Å². The Labute approximate surface area is 158 Å². The molecule has 2 fully saturated rings. The van der Waals surface area contributed by atoms with Crippen molar-refractivity contribution in [3.8, 4) is 0 Å². The Balaban J connectivity index is 1.47. The van der Waals surface area contributed by atoms with E-state index in [0.29, 0.717) is 5.82 Å². The number of nitrogens with one attached hydrogen (secondary N) is 2. The number of hydrogen-bond acceptors (Lipinski definition) is 8. The summed E-state index contributed by atoms with van der Waals surface area (Å²) in [4.78, 5) is 32.2. The summed E-state index contributed by atoms with van der Waals surface area (Å²) in [5, 5.41) is 17.7. The Morgan fingerprint density at radius 2 is 2.15 bits per heavy atom. The maximum absolute atomic E-state index is 12.7. The van der Waals surface area contributed by atoms with Crippen LogP contribution in [0, 0.1) is 13.8 Å². The number of carbonyl (C=O) groups excluding carboxylic acids is 2. The highest BCUT2D eigenvalue weighted by atomic mass is 32.2. The first-order chi connectivity index (χ1) is 12.3. The van der Waals surface area contributed by atoms with Crippen LogP contribution in [0.4, 0.5) is 0 Å². The van der Waals surface area contributed by atoms with Gasteiger partial charge in [0, 0.05) is 9.62 Å². The highest BCUT2D eigenvalue weighted by molar-refractivity contribution is 8.01. The van der Waals surface area contributed by atoms with Gasteiger partial charge in [-0.2, -0.15) is 0 Å². The number of aromatic nitrogens is 5. The summed E-state index contributed by atoms with van der Waals surface area (Å²) < 4.78 is -0.258. The van der Waals surface area contributed by atoms with Crippen LogP contribution in [0.25, 0.3) is 0 Å². The van der Waals surface area contributed by atoms with Gasteiger partial charge in [-0.25, -0.2) is 10.1 Å². The molecule has 2 aromatic heterocycles. The van der Waals surface area contributed by atoms with Gasteiger partial charge in [-0.05, 0) is 38.1 Å². The zero-order valence-corrected chi connectivity index (χ0v) is 16.4. The molecule has 4 heterocycles. The quantitative estimate of drug-likeness (QED) is 0.736. The Kier molecular flexibility index (Phi) is 4.03. The summed E-state index contributed by atoms with van der Waals surface area (Å²) in [6.45, 7) is 7.92. The fraction of sp³-hybridized carbons (Fsp3) is 0.600. The number of amides is 2. The molecule has 2 saturated heterocycles. The van der Waals surface area contributed by atoms with E-state index >= 15 is 0 Å². The number of aryl methyl sites for hydroxylation is 2. The second kappa shape index (κ2) is 6.02. The third kappa shape index (κ3) is 2.69. The highest BCUT2D eigenvalue weighted by Gasteiger charge is 2.63. The number of β-lactam (4-membered cyclic amide) rings is 1. The van der Waals surface area contributed by atoms with E-state index < -0.39 is 6.04 Å². The van der Waals surface area contributed by atoms with Gasteiger partial charge in [0.25, 0.3) is 0 Å². The van der Waals surface area contributed by atoms with E-state index in [1.165, 1.54) is 11.3 Å². The molecule has 2 aliphatic rings. The van der Waals surface area contributed by atoms with Crippen LogP contribution in [0.5, 0.6) is 0 Å². The first-order valence-corrected chi connectivity index (χ1v) is 9.93. The molecular weight excluding hydrogens is 374 g/mol. The average Bonchev–Trinajstić information content (AvgIpc) is 3.23. The summed E-state index contributed by atoms with van der Waals surface area (Å²) in [6.07, 6.45) is 0.247. The number of nitrogens with zero attached hydrogens (tertiary/aromatic N) is 5. The molecule has 3 atom stereocenters. The lowest BCUT2D eigenvalue weighted by molar-refractivity contribution is -0.151. The summed E-state index contributed by atoms with van der Waals surface area (Å²) in [5.41, 5.74) is 0.874. The van der Waals surface area contributed by atoms with Crippen molar-refractivity contribution in [2.75, 3.05) is 0 Å². The van der Waals surface area contributed by atoms with Crippen molar-refractivity contribution < 1.29 is 9.59 Å². The van der Waals surface area contributed by atoms with Gasteiger partial charge in [0.2, 0.25) is 11.8 Å². The van der Waals surface area contributed by atoms with Crippen LogP contribution in [0.3, 0.4) is 0 Å². The molecule has 2 amide bonds. The normalized spacial score (nSPS) is 26.5. The van der Waals surface area contributed by atoms with Crippen LogP contribution in [-0.4, -0.2) is 58.5 Å². The molecule has 0 aromatic carbocycles. The van der Waals surface area contributed by atoms with Crippen molar-refractivity contribution in [1.82, 2.24) is 35.8 Å². The molecule has 0 radical (unpaired) electrons. The minimum Gasteiger partial charge on any atom is -0.341 e.